The van der Waals surface area contributed by atoms with E-state index in [0.29, 0.717) is 13.0 Å². The van der Waals surface area contributed by atoms with Gasteiger partial charge < -0.3 is 16.2 Å². The van der Waals surface area contributed by atoms with Crippen LogP contribution in [0.15, 0.2) is 0 Å². The Labute approximate surface area is 85.9 Å². The van der Waals surface area contributed by atoms with Crippen molar-refractivity contribution >= 4 is 5.97 Å². The van der Waals surface area contributed by atoms with Crippen molar-refractivity contribution in [2.24, 2.45) is 5.73 Å². The van der Waals surface area contributed by atoms with E-state index in [4.69, 9.17) is 10.8 Å². The molecule has 1 atom stereocenters. The summed E-state index contributed by atoms with van der Waals surface area (Å²) in [6.45, 7) is 3.47. The Hall–Kier alpha value is -0.610. The van der Waals surface area contributed by atoms with Crippen LogP contribution in [-0.4, -0.2) is 30.2 Å². The van der Waals surface area contributed by atoms with Crippen molar-refractivity contribution in [1.29, 1.82) is 0 Å². The molecule has 4 N–H and O–H groups in total. The van der Waals surface area contributed by atoms with Gasteiger partial charge in [-0.1, -0.05) is 19.8 Å². The summed E-state index contributed by atoms with van der Waals surface area (Å²) in [7, 11) is 0. The van der Waals surface area contributed by atoms with E-state index in [1.165, 1.54) is 0 Å². The molecule has 0 heterocycles. The lowest BCUT2D eigenvalue weighted by Gasteiger charge is -2.13. The van der Waals surface area contributed by atoms with Crippen molar-refractivity contribution < 1.29 is 9.90 Å². The maximum atomic E-state index is 10.8. The fourth-order valence-corrected chi connectivity index (χ4v) is 1.29. The average molecular weight is 202 g/mol. The first-order valence-electron chi connectivity index (χ1n) is 5.38. The molecule has 0 fully saturated rings. The lowest BCUT2D eigenvalue weighted by molar-refractivity contribution is -0.139. The van der Waals surface area contributed by atoms with Crippen molar-refractivity contribution in [3.05, 3.63) is 0 Å². The minimum Gasteiger partial charge on any atom is -0.480 e. The largest absolute Gasteiger partial charge is 0.480 e. The molecule has 0 saturated heterocycles. The van der Waals surface area contributed by atoms with Crippen LogP contribution in [0.2, 0.25) is 0 Å². The number of unbranched alkanes of at least 4 members (excludes halogenated alkanes) is 2. The van der Waals surface area contributed by atoms with Gasteiger partial charge in [0.2, 0.25) is 0 Å². The minimum atomic E-state index is -0.769. The van der Waals surface area contributed by atoms with Crippen LogP contribution in [0.25, 0.3) is 0 Å². The third kappa shape index (κ3) is 6.86. The van der Waals surface area contributed by atoms with Gasteiger partial charge in [0.05, 0.1) is 0 Å². The second-order valence-electron chi connectivity index (χ2n) is 3.48. The van der Waals surface area contributed by atoms with Gasteiger partial charge in [0.25, 0.3) is 0 Å². The summed E-state index contributed by atoms with van der Waals surface area (Å²) in [6.07, 6.45) is 4.73. The van der Waals surface area contributed by atoms with Crippen molar-refractivity contribution in [3.63, 3.8) is 0 Å². The Balaban J connectivity index is 3.57. The predicted molar refractivity (Wildman–Crippen MR) is 57.2 cm³/mol. The minimum absolute atomic E-state index is 0.421. The fraction of sp³-hybridized carbons (Fsp3) is 0.900. The Kier molecular flexibility index (Phi) is 8.57. The highest BCUT2D eigenvalue weighted by atomic mass is 16.4. The zero-order valence-electron chi connectivity index (χ0n) is 8.96. The molecular weight excluding hydrogens is 180 g/mol. The third-order valence-corrected chi connectivity index (χ3v) is 2.17. The number of carboxylic acid groups (broad SMARTS) is 1. The van der Waals surface area contributed by atoms with Crippen LogP contribution in [0, 0.1) is 0 Å². The molecule has 14 heavy (non-hydrogen) atoms. The summed E-state index contributed by atoms with van der Waals surface area (Å²) in [5.41, 5.74) is 5.33. The molecule has 0 aromatic heterocycles. The van der Waals surface area contributed by atoms with Gasteiger partial charge in [0.15, 0.2) is 0 Å². The number of hydrogen-bond donors (Lipinski definition) is 3. The SMILES string of the molecule is CCCCCN[C@@H](CCCN)C(=O)O. The fourth-order valence-electron chi connectivity index (χ4n) is 1.29. The molecule has 0 saturated carbocycles. The Morgan fingerprint density at radius 2 is 2.14 bits per heavy atom. The van der Waals surface area contributed by atoms with Gasteiger partial charge in [-0.2, -0.15) is 0 Å². The van der Waals surface area contributed by atoms with Crippen molar-refractivity contribution in [1.82, 2.24) is 5.32 Å². The summed E-state index contributed by atoms with van der Waals surface area (Å²) in [6, 6.07) is -0.421. The summed E-state index contributed by atoms with van der Waals surface area (Å²) in [5.74, 6) is -0.769. The van der Waals surface area contributed by atoms with E-state index < -0.39 is 12.0 Å². The maximum Gasteiger partial charge on any atom is 0.320 e. The van der Waals surface area contributed by atoms with E-state index in [1.54, 1.807) is 0 Å². The molecule has 0 unspecified atom stereocenters. The van der Waals surface area contributed by atoms with E-state index in [2.05, 4.69) is 12.2 Å². The van der Waals surface area contributed by atoms with E-state index in [-0.39, 0.29) is 0 Å². The van der Waals surface area contributed by atoms with Gasteiger partial charge in [-0.3, -0.25) is 4.79 Å². The van der Waals surface area contributed by atoms with Crippen LogP contribution in [0.1, 0.15) is 39.0 Å². The Morgan fingerprint density at radius 1 is 1.43 bits per heavy atom. The van der Waals surface area contributed by atoms with Crippen molar-refractivity contribution in [2.75, 3.05) is 13.1 Å². The van der Waals surface area contributed by atoms with E-state index in [0.717, 1.165) is 32.2 Å². The maximum absolute atomic E-state index is 10.8. The first-order chi connectivity index (χ1) is 6.72. The number of aliphatic carboxylic acids is 1. The molecule has 4 nitrogen and oxygen atoms in total. The number of hydrogen-bond acceptors (Lipinski definition) is 3. The lowest BCUT2D eigenvalue weighted by Crippen LogP contribution is -2.37. The molecule has 0 amide bonds. The summed E-state index contributed by atoms with van der Waals surface area (Å²) >= 11 is 0. The number of nitrogens with one attached hydrogen (secondary N) is 1. The topological polar surface area (TPSA) is 75.3 Å². The van der Waals surface area contributed by atoms with E-state index in [9.17, 15) is 4.79 Å². The highest BCUT2D eigenvalue weighted by Gasteiger charge is 2.14. The van der Waals surface area contributed by atoms with Crippen molar-refractivity contribution in [3.8, 4) is 0 Å². The molecule has 4 heteroatoms. The van der Waals surface area contributed by atoms with Gasteiger partial charge in [-0.25, -0.2) is 0 Å². The van der Waals surface area contributed by atoms with Gasteiger partial charge in [-0.15, -0.1) is 0 Å². The molecule has 0 aromatic rings. The summed E-state index contributed by atoms with van der Waals surface area (Å²) < 4.78 is 0. The van der Waals surface area contributed by atoms with Crippen LogP contribution in [0.4, 0.5) is 0 Å². The zero-order chi connectivity index (χ0) is 10.8. The van der Waals surface area contributed by atoms with E-state index in [1.807, 2.05) is 0 Å². The normalized spacial score (nSPS) is 12.7. The van der Waals surface area contributed by atoms with E-state index >= 15 is 0 Å². The average Bonchev–Trinajstić information content (AvgIpc) is 2.16. The molecule has 0 aliphatic rings. The van der Waals surface area contributed by atoms with Crippen LogP contribution in [-0.2, 0) is 4.79 Å². The number of carboxylic acids is 1. The Morgan fingerprint density at radius 3 is 2.64 bits per heavy atom. The van der Waals surface area contributed by atoms with Gasteiger partial charge >= 0.3 is 5.97 Å². The smallest absolute Gasteiger partial charge is 0.320 e. The number of carbonyl (C=O) groups is 1. The van der Waals surface area contributed by atoms with Crippen molar-refractivity contribution in [2.45, 2.75) is 45.1 Å². The molecule has 0 spiro atoms. The molecule has 0 bridgehead atoms. The van der Waals surface area contributed by atoms with Crippen LogP contribution in [0.3, 0.4) is 0 Å². The van der Waals surface area contributed by atoms with Gasteiger partial charge in [0, 0.05) is 0 Å². The quantitative estimate of drug-likeness (QED) is 0.487. The van der Waals surface area contributed by atoms with Crippen LogP contribution in [0.5, 0.6) is 0 Å². The summed E-state index contributed by atoms with van der Waals surface area (Å²) in [5, 5.41) is 11.9. The molecule has 0 aliphatic carbocycles. The summed E-state index contributed by atoms with van der Waals surface area (Å²) in [4.78, 5) is 10.8. The standard InChI is InChI=1S/C10H22N2O2/c1-2-3-4-8-12-9(10(13)14)6-5-7-11/h9,12H,2-8,11H2,1H3,(H,13,14)/t9-/m0/s1. The second kappa shape index (κ2) is 8.97. The number of rotatable bonds is 9. The van der Waals surface area contributed by atoms with Crippen LogP contribution >= 0.6 is 0 Å². The second-order valence-corrected chi connectivity index (χ2v) is 3.48. The molecule has 0 radical (unpaired) electrons. The predicted octanol–water partition coefficient (Wildman–Crippen LogP) is 0.958. The van der Waals surface area contributed by atoms with Crippen LogP contribution < -0.4 is 11.1 Å². The molecule has 0 rings (SSSR count). The molecular formula is C10H22N2O2. The Bertz CT molecular complexity index is 151. The highest BCUT2D eigenvalue weighted by molar-refractivity contribution is 5.73. The molecule has 84 valence electrons. The first-order valence-corrected chi connectivity index (χ1v) is 5.38. The lowest BCUT2D eigenvalue weighted by atomic mass is 10.1. The monoisotopic (exact) mass is 202 g/mol. The molecule has 0 aliphatic heterocycles. The third-order valence-electron chi connectivity index (χ3n) is 2.17. The zero-order valence-corrected chi connectivity index (χ0v) is 8.96. The van der Waals surface area contributed by atoms with Gasteiger partial charge in [0.1, 0.15) is 6.04 Å². The number of nitrogens with two attached hydrogens (primary N) is 1. The highest BCUT2D eigenvalue weighted by Crippen LogP contribution is 1.98. The first kappa shape index (κ1) is 13.4. The molecule has 0 aromatic carbocycles. The van der Waals surface area contributed by atoms with Gasteiger partial charge in [-0.05, 0) is 32.4 Å².